The van der Waals surface area contributed by atoms with Crippen LogP contribution in [0.3, 0.4) is 0 Å². The molecule has 3 aromatic rings. The summed E-state index contributed by atoms with van der Waals surface area (Å²) in [5, 5.41) is 3.20. The minimum absolute atomic E-state index is 0.0546. The number of amides is 1. The van der Waals surface area contributed by atoms with E-state index in [1.165, 1.54) is 29.0 Å². The van der Waals surface area contributed by atoms with E-state index in [0.29, 0.717) is 16.1 Å². The van der Waals surface area contributed by atoms with Crippen LogP contribution in [0.1, 0.15) is 57.0 Å². The smallest absolute Gasteiger partial charge is 0.254 e. The SMILES string of the molecule is Cn1cc(C(=O)CC(c2ccccc2Cl)c2cccc(C(=O)NC3CC3)c2F)ccc1=O. The molecule has 1 N–H and O–H groups in total. The van der Waals surface area contributed by atoms with Crippen molar-refractivity contribution in [2.75, 3.05) is 0 Å². The van der Waals surface area contributed by atoms with Crippen molar-refractivity contribution in [1.82, 2.24) is 9.88 Å². The van der Waals surface area contributed by atoms with Crippen LogP contribution in [0, 0.1) is 5.82 Å². The molecule has 1 amide bonds. The summed E-state index contributed by atoms with van der Waals surface area (Å²) in [6.45, 7) is 0. The molecule has 164 valence electrons. The van der Waals surface area contributed by atoms with E-state index < -0.39 is 17.6 Å². The Morgan fingerprint density at radius 1 is 1.09 bits per heavy atom. The van der Waals surface area contributed by atoms with Crippen molar-refractivity contribution in [2.45, 2.75) is 31.2 Å². The second kappa shape index (κ2) is 9.09. The molecular weight excluding hydrogens is 431 g/mol. The maximum absolute atomic E-state index is 15.6. The Labute approximate surface area is 189 Å². The molecule has 1 aliphatic rings. The largest absolute Gasteiger partial charge is 0.349 e. The Hall–Kier alpha value is -3.25. The van der Waals surface area contributed by atoms with E-state index in [1.54, 1.807) is 43.4 Å². The molecule has 0 saturated heterocycles. The van der Waals surface area contributed by atoms with Crippen molar-refractivity contribution in [3.05, 3.63) is 104 Å². The summed E-state index contributed by atoms with van der Waals surface area (Å²) in [7, 11) is 1.56. The van der Waals surface area contributed by atoms with Crippen LogP contribution < -0.4 is 10.9 Å². The number of benzene rings is 2. The highest BCUT2D eigenvalue weighted by Gasteiger charge is 2.29. The first kappa shape index (κ1) is 22.0. The summed E-state index contributed by atoms with van der Waals surface area (Å²) in [6, 6.07) is 14.5. The Morgan fingerprint density at radius 2 is 1.81 bits per heavy atom. The Bertz CT molecular complexity index is 1250. The van der Waals surface area contributed by atoms with Gasteiger partial charge in [-0.2, -0.15) is 0 Å². The normalized spacial score (nSPS) is 14.1. The summed E-state index contributed by atoms with van der Waals surface area (Å²) < 4.78 is 16.9. The van der Waals surface area contributed by atoms with Gasteiger partial charge in [0, 0.05) is 48.3 Å². The number of nitrogens with one attached hydrogen (secondary N) is 1. The molecule has 0 bridgehead atoms. The van der Waals surface area contributed by atoms with Crippen LogP contribution in [0.2, 0.25) is 5.02 Å². The second-order valence-corrected chi connectivity index (χ2v) is 8.43. The second-order valence-electron chi connectivity index (χ2n) is 8.02. The fourth-order valence-electron chi connectivity index (χ4n) is 3.69. The fraction of sp³-hybridized carbons (Fsp3) is 0.240. The maximum atomic E-state index is 15.6. The van der Waals surface area contributed by atoms with E-state index in [9.17, 15) is 14.4 Å². The molecule has 1 saturated carbocycles. The number of halogens is 2. The Morgan fingerprint density at radius 3 is 2.50 bits per heavy atom. The quantitative estimate of drug-likeness (QED) is 0.537. The Kier molecular flexibility index (Phi) is 6.24. The molecule has 0 aliphatic heterocycles. The van der Waals surface area contributed by atoms with Gasteiger partial charge >= 0.3 is 0 Å². The number of aryl methyl sites for hydroxylation is 1. The molecule has 1 fully saturated rings. The first-order valence-electron chi connectivity index (χ1n) is 10.4. The molecule has 5 nitrogen and oxygen atoms in total. The van der Waals surface area contributed by atoms with E-state index in [1.807, 2.05) is 0 Å². The van der Waals surface area contributed by atoms with Crippen LogP contribution in [-0.4, -0.2) is 22.3 Å². The van der Waals surface area contributed by atoms with Gasteiger partial charge in [0.15, 0.2) is 5.78 Å². The number of carbonyl (C=O) groups is 2. The molecule has 0 spiro atoms. The van der Waals surface area contributed by atoms with Gasteiger partial charge in [0.25, 0.3) is 5.91 Å². The Balaban J connectivity index is 1.74. The van der Waals surface area contributed by atoms with Gasteiger partial charge in [0.1, 0.15) is 5.82 Å². The third kappa shape index (κ3) is 4.65. The highest BCUT2D eigenvalue weighted by atomic mass is 35.5. The average molecular weight is 453 g/mol. The van der Waals surface area contributed by atoms with Crippen molar-refractivity contribution >= 4 is 23.3 Å². The predicted molar refractivity (Wildman–Crippen MR) is 121 cm³/mol. The van der Waals surface area contributed by atoms with Crippen LogP contribution in [0.4, 0.5) is 4.39 Å². The zero-order valence-corrected chi connectivity index (χ0v) is 18.2. The van der Waals surface area contributed by atoms with Gasteiger partial charge in [-0.25, -0.2) is 4.39 Å². The van der Waals surface area contributed by atoms with E-state index in [4.69, 9.17) is 11.6 Å². The van der Waals surface area contributed by atoms with E-state index in [-0.39, 0.29) is 34.9 Å². The molecule has 1 aliphatic carbocycles. The van der Waals surface area contributed by atoms with Gasteiger partial charge in [0.05, 0.1) is 5.56 Å². The van der Waals surface area contributed by atoms with Crippen LogP contribution in [-0.2, 0) is 7.05 Å². The molecule has 1 heterocycles. The summed E-state index contributed by atoms with van der Waals surface area (Å²) in [6.07, 6.45) is 3.17. The molecule has 1 atom stereocenters. The number of hydrogen-bond acceptors (Lipinski definition) is 3. The van der Waals surface area contributed by atoms with Gasteiger partial charge in [-0.3, -0.25) is 14.4 Å². The van der Waals surface area contributed by atoms with Crippen LogP contribution >= 0.6 is 11.6 Å². The van der Waals surface area contributed by atoms with Gasteiger partial charge in [-0.15, -0.1) is 0 Å². The molecule has 0 radical (unpaired) electrons. The minimum atomic E-state index is -0.706. The number of pyridine rings is 1. The summed E-state index contributed by atoms with van der Waals surface area (Å²) in [5.41, 5.74) is 0.864. The molecule has 1 unspecified atom stereocenters. The molecule has 4 rings (SSSR count). The first-order chi connectivity index (χ1) is 15.3. The van der Waals surface area contributed by atoms with Crippen LogP contribution in [0.5, 0.6) is 0 Å². The lowest BCUT2D eigenvalue weighted by Crippen LogP contribution is -2.27. The molecular formula is C25H22ClFN2O3. The van der Waals surface area contributed by atoms with Gasteiger partial charge in [0.2, 0.25) is 5.56 Å². The lowest BCUT2D eigenvalue weighted by atomic mass is 9.84. The molecule has 2 aromatic carbocycles. The van der Waals surface area contributed by atoms with E-state index >= 15 is 4.39 Å². The molecule has 1 aromatic heterocycles. The average Bonchev–Trinajstić information content (AvgIpc) is 3.58. The number of nitrogens with zero attached hydrogens (tertiary/aromatic N) is 1. The number of carbonyl (C=O) groups excluding carboxylic acids is 2. The topological polar surface area (TPSA) is 68.2 Å². The number of ketones is 1. The van der Waals surface area contributed by atoms with Crippen LogP contribution in [0.25, 0.3) is 0 Å². The number of aromatic nitrogens is 1. The summed E-state index contributed by atoms with van der Waals surface area (Å²) in [4.78, 5) is 37.3. The lowest BCUT2D eigenvalue weighted by molar-refractivity contribution is 0.0946. The minimum Gasteiger partial charge on any atom is -0.349 e. The van der Waals surface area contributed by atoms with Crippen molar-refractivity contribution in [3.8, 4) is 0 Å². The highest BCUT2D eigenvalue weighted by molar-refractivity contribution is 6.31. The van der Waals surface area contributed by atoms with Crippen molar-refractivity contribution in [2.24, 2.45) is 7.05 Å². The lowest BCUT2D eigenvalue weighted by Gasteiger charge is -2.20. The van der Waals surface area contributed by atoms with Crippen LogP contribution in [0.15, 0.2) is 65.6 Å². The van der Waals surface area contributed by atoms with Crippen molar-refractivity contribution < 1.29 is 14.0 Å². The number of Topliss-reactive ketones (excluding diaryl/α,β-unsaturated/α-hetero) is 1. The van der Waals surface area contributed by atoms with E-state index in [0.717, 1.165) is 12.8 Å². The third-order valence-electron chi connectivity index (χ3n) is 5.64. The van der Waals surface area contributed by atoms with Gasteiger partial charge in [-0.1, -0.05) is 41.9 Å². The monoisotopic (exact) mass is 452 g/mol. The maximum Gasteiger partial charge on any atom is 0.254 e. The fourth-order valence-corrected chi connectivity index (χ4v) is 3.96. The zero-order chi connectivity index (χ0) is 22.8. The van der Waals surface area contributed by atoms with Crippen molar-refractivity contribution in [3.63, 3.8) is 0 Å². The molecule has 32 heavy (non-hydrogen) atoms. The number of rotatable bonds is 7. The summed E-state index contributed by atoms with van der Waals surface area (Å²) in [5.74, 6) is -2.10. The first-order valence-corrected chi connectivity index (χ1v) is 10.8. The predicted octanol–water partition coefficient (Wildman–Crippen LogP) is 4.47. The van der Waals surface area contributed by atoms with E-state index in [2.05, 4.69) is 5.32 Å². The highest BCUT2D eigenvalue weighted by Crippen LogP contribution is 2.36. The third-order valence-corrected chi connectivity index (χ3v) is 5.98. The summed E-state index contributed by atoms with van der Waals surface area (Å²) >= 11 is 6.42. The van der Waals surface area contributed by atoms with Gasteiger partial charge < -0.3 is 9.88 Å². The standard InChI is InChI=1S/C25H22ClFN2O3/c1-29-14-15(9-12-23(29)31)22(30)13-20(17-5-2-3-8-21(17)26)18-6-4-7-19(24(18)27)25(32)28-16-10-11-16/h2-9,12,14,16,20H,10-11,13H2,1H3,(H,28,32). The van der Waals surface area contributed by atoms with Gasteiger partial charge in [-0.05, 0) is 42.2 Å². The zero-order valence-electron chi connectivity index (χ0n) is 17.5. The molecule has 7 heteroatoms. The van der Waals surface area contributed by atoms with Crippen molar-refractivity contribution in [1.29, 1.82) is 0 Å². The number of hydrogen-bond donors (Lipinski definition) is 1.